The molecule has 0 saturated heterocycles. The monoisotopic (exact) mass is 423 g/mol. The Kier molecular flexibility index (Phi) is 8.25. The molecule has 152 valence electrons. The molecule has 1 aromatic heterocycles. The summed E-state index contributed by atoms with van der Waals surface area (Å²) >= 11 is 6.19. The highest BCUT2D eigenvalue weighted by Crippen LogP contribution is 2.41. The highest BCUT2D eigenvalue weighted by molar-refractivity contribution is 6.30. The lowest BCUT2D eigenvalue weighted by Gasteiger charge is -2.43. The van der Waals surface area contributed by atoms with Crippen LogP contribution in [0.2, 0.25) is 5.02 Å². The lowest BCUT2D eigenvalue weighted by Crippen LogP contribution is -2.48. The van der Waals surface area contributed by atoms with Gasteiger partial charge in [0.2, 0.25) is 0 Å². The third-order valence-electron chi connectivity index (χ3n) is 5.69. The van der Waals surface area contributed by atoms with Gasteiger partial charge in [-0.3, -0.25) is 9.78 Å². The molecule has 3 rings (SSSR count). The first kappa shape index (κ1) is 22.6. The average Bonchev–Trinajstić information content (AvgIpc) is 2.72. The van der Waals surface area contributed by atoms with Gasteiger partial charge in [-0.05, 0) is 55.5 Å². The zero-order valence-corrected chi connectivity index (χ0v) is 17.3. The largest absolute Gasteiger partial charge is 0.395 e. The summed E-state index contributed by atoms with van der Waals surface area (Å²) in [6.07, 6.45) is 6.68. The number of carbonyl (C=O) groups is 1. The molecule has 2 aromatic rings. The van der Waals surface area contributed by atoms with Crippen LogP contribution in [0.15, 0.2) is 48.8 Å². The number of hydrogen-bond donors (Lipinski definition) is 2. The Balaban J connectivity index is 0.00000280. The molecule has 1 aliphatic carbocycles. The number of halogens is 2. The molecule has 0 bridgehead atoms. The highest BCUT2D eigenvalue weighted by atomic mass is 35.5. The van der Waals surface area contributed by atoms with E-state index in [1.165, 1.54) is 5.56 Å². The van der Waals surface area contributed by atoms with Gasteiger partial charge in [-0.2, -0.15) is 0 Å². The van der Waals surface area contributed by atoms with Gasteiger partial charge in [-0.1, -0.05) is 23.7 Å². The molecule has 1 aliphatic rings. The van der Waals surface area contributed by atoms with Crippen LogP contribution in [0.25, 0.3) is 0 Å². The zero-order valence-electron chi connectivity index (χ0n) is 15.8. The Bertz CT molecular complexity index is 765. The van der Waals surface area contributed by atoms with E-state index < -0.39 is 0 Å². The van der Waals surface area contributed by atoms with Crippen LogP contribution in [-0.2, 0) is 5.41 Å². The molecule has 0 unspecified atom stereocenters. The van der Waals surface area contributed by atoms with Crippen molar-refractivity contribution in [2.75, 3.05) is 19.7 Å². The normalized spacial score (nSPS) is 21.6. The number of hydrogen-bond acceptors (Lipinski definition) is 4. The smallest absolute Gasteiger partial charge is 0.255 e. The molecule has 28 heavy (non-hydrogen) atoms. The molecule has 1 amide bonds. The fourth-order valence-electron chi connectivity index (χ4n) is 4.11. The van der Waals surface area contributed by atoms with Crippen molar-refractivity contribution in [3.8, 4) is 0 Å². The molecular formula is C21H27Cl2N3O2. The van der Waals surface area contributed by atoms with Crippen LogP contribution in [0.4, 0.5) is 0 Å². The molecule has 1 aromatic carbocycles. The maximum absolute atomic E-state index is 12.9. The van der Waals surface area contributed by atoms with Crippen molar-refractivity contribution >= 4 is 29.9 Å². The Hall–Kier alpha value is -1.66. The van der Waals surface area contributed by atoms with E-state index >= 15 is 0 Å². The first-order valence-corrected chi connectivity index (χ1v) is 9.75. The van der Waals surface area contributed by atoms with Crippen molar-refractivity contribution in [1.29, 1.82) is 0 Å². The van der Waals surface area contributed by atoms with Gasteiger partial charge in [0.15, 0.2) is 0 Å². The van der Waals surface area contributed by atoms with Crippen LogP contribution in [0.1, 0.15) is 41.6 Å². The SMILES string of the molecule is Cl.NCC1(c2cccc(Cl)c2)CCC(N(CCO)C(=O)c2cccnc2)CC1. The second-order valence-corrected chi connectivity index (χ2v) is 7.63. The highest BCUT2D eigenvalue weighted by Gasteiger charge is 2.38. The second kappa shape index (κ2) is 10.2. The van der Waals surface area contributed by atoms with Gasteiger partial charge < -0.3 is 15.7 Å². The molecule has 0 radical (unpaired) electrons. The van der Waals surface area contributed by atoms with Gasteiger partial charge in [0.05, 0.1) is 12.2 Å². The van der Waals surface area contributed by atoms with E-state index in [2.05, 4.69) is 11.1 Å². The van der Waals surface area contributed by atoms with E-state index in [1.807, 2.05) is 18.2 Å². The molecular weight excluding hydrogens is 397 g/mol. The van der Waals surface area contributed by atoms with Crippen LogP contribution in [-0.4, -0.2) is 46.6 Å². The lowest BCUT2D eigenvalue weighted by molar-refractivity contribution is 0.0543. The number of carbonyl (C=O) groups excluding carboxylic acids is 1. The van der Waals surface area contributed by atoms with Crippen molar-refractivity contribution in [3.63, 3.8) is 0 Å². The van der Waals surface area contributed by atoms with Gasteiger partial charge >= 0.3 is 0 Å². The van der Waals surface area contributed by atoms with Crippen molar-refractivity contribution < 1.29 is 9.90 Å². The number of nitrogens with two attached hydrogens (primary N) is 1. The Labute approximate surface area is 177 Å². The summed E-state index contributed by atoms with van der Waals surface area (Å²) in [5.74, 6) is -0.0786. The number of pyridine rings is 1. The van der Waals surface area contributed by atoms with Crippen molar-refractivity contribution in [1.82, 2.24) is 9.88 Å². The second-order valence-electron chi connectivity index (χ2n) is 7.19. The number of aliphatic hydroxyl groups excluding tert-OH is 1. The van der Waals surface area contributed by atoms with Gasteiger partial charge in [-0.25, -0.2) is 0 Å². The van der Waals surface area contributed by atoms with E-state index in [4.69, 9.17) is 17.3 Å². The summed E-state index contributed by atoms with van der Waals surface area (Å²) in [7, 11) is 0. The molecule has 0 aliphatic heterocycles. The standard InChI is InChI=1S/C21H26ClN3O2.ClH/c22-18-5-1-4-17(13-18)21(15-23)8-6-19(7-9-21)25(11-12-26)20(27)16-3-2-10-24-14-16;/h1-5,10,13-14,19,26H,6-9,11-12,15,23H2;1H. The predicted molar refractivity (Wildman–Crippen MR) is 114 cm³/mol. The average molecular weight is 424 g/mol. The molecule has 7 heteroatoms. The summed E-state index contributed by atoms with van der Waals surface area (Å²) in [5, 5.41) is 10.2. The maximum Gasteiger partial charge on any atom is 0.255 e. The number of aliphatic hydroxyl groups is 1. The molecule has 1 fully saturated rings. The number of benzene rings is 1. The molecule has 1 heterocycles. The summed E-state index contributed by atoms with van der Waals surface area (Å²) in [4.78, 5) is 18.7. The van der Waals surface area contributed by atoms with Gasteiger partial charge in [0.25, 0.3) is 5.91 Å². The minimum absolute atomic E-state index is 0. The van der Waals surface area contributed by atoms with E-state index in [-0.39, 0.29) is 36.4 Å². The van der Waals surface area contributed by atoms with E-state index in [0.717, 1.165) is 30.7 Å². The third kappa shape index (κ3) is 4.84. The Morgan fingerprint density at radius 1 is 1.29 bits per heavy atom. The Morgan fingerprint density at radius 2 is 2.04 bits per heavy atom. The van der Waals surface area contributed by atoms with Crippen molar-refractivity contribution in [2.24, 2.45) is 5.73 Å². The van der Waals surface area contributed by atoms with Crippen LogP contribution >= 0.6 is 24.0 Å². The quantitative estimate of drug-likeness (QED) is 0.745. The van der Waals surface area contributed by atoms with Crippen molar-refractivity contribution in [3.05, 3.63) is 64.9 Å². The molecule has 0 spiro atoms. The summed E-state index contributed by atoms with van der Waals surface area (Å²) < 4.78 is 0. The van der Waals surface area contributed by atoms with Crippen molar-refractivity contribution in [2.45, 2.75) is 37.1 Å². The Morgan fingerprint density at radius 3 is 2.61 bits per heavy atom. The van der Waals surface area contributed by atoms with E-state index in [9.17, 15) is 9.90 Å². The van der Waals surface area contributed by atoms with Gasteiger partial charge in [0, 0.05) is 42.0 Å². The van der Waals surface area contributed by atoms with Crippen LogP contribution in [0.5, 0.6) is 0 Å². The maximum atomic E-state index is 12.9. The van der Waals surface area contributed by atoms with Crippen LogP contribution < -0.4 is 5.73 Å². The van der Waals surface area contributed by atoms with E-state index in [1.54, 1.807) is 29.4 Å². The van der Waals surface area contributed by atoms with Gasteiger partial charge in [-0.15, -0.1) is 12.4 Å². The van der Waals surface area contributed by atoms with Crippen LogP contribution in [0, 0.1) is 0 Å². The first-order valence-electron chi connectivity index (χ1n) is 9.37. The fraction of sp³-hybridized carbons (Fsp3) is 0.429. The molecule has 3 N–H and O–H groups in total. The number of amides is 1. The molecule has 1 saturated carbocycles. The lowest BCUT2D eigenvalue weighted by atomic mass is 9.68. The summed E-state index contributed by atoms with van der Waals surface area (Å²) in [5.41, 5.74) is 7.79. The predicted octanol–water partition coefficient (Wildman–Crippen LogP) is 3.43. The van der Waals surface area contributed by atoms with E-state index in [0.29, 0.717) is 18.7 Å². The summed E-state index contributed by atoms with van der Waals surface area (Å²) in [6.45, 7) is 0.820. The van der Waals surface area contributed by atoms with Crippen LogP contribution in [0.3, 0.4) is 0 Å². The van der Waals surface area contributed by atoms with Gasteiger partial charge in [0.1, 0.15) is 0 Å². The number of rotatable bonds is 6. The molecule has 0 atom stereocenters. The zero-order chi connectivity index (χ0) is 19.3. The number of aromatic nitrogens is 1. The first-order chi connectivity index (χ1) is 13.1. The summed E-state index contributed by atoms with van der Waals surface area (Å²) in [6, 6.07) is 11.5. The third-order valence-corrected chi connectivity index (χ3v) is 5.93. The minimum Gasteiger partial charge on any atom is -0.395 e. The fourth-order valence-corrected chi connectivity index (χ4v) is 4.30. The number of nitrogens with zero attached hydrogens (tertiary/aromatic N) is 2. The topological polar surface area (TPSA) is 79.5 Å². The minimum atomic E-state index is -0.108. The molecule has 5 nitrogen and oxygen atoms in total.